The molecule has 0 aliphatic carbocycles. The third-order valence-electron chi connectivity index (χ3n) is 4.30. The predicted molar refractivity (Wildman–Crippen MR) is 118 cm³/mol. The number of carbonyl (C=O) groups excluding carboxylic acids is 1. The molecule has 0 saturated carbocycles. The predicted octanol–water partition coefficient (Wildman–Crippen LogP) is 3.39. The first-order valence-corrected chi connectivity index (χ1v) is 10.5. The highest BCUT2D eigenvalue weighted by molar-refractivity contribution is 8.26. The molecule has 0 unspecified atom stereocenters. The summed E-state index contributed by atoms with van der Waals surface area (Å²) < 4.78 is 5.47. The van der Waals surface area contributed by atoms with Crippen LogP contribution in [0.5, 0.6) is 6.01 Å². The molecule has 1 N–H and O–H groups in total. The Morgan fingerprint density at radius 2 is 2.03 bits per heavy atom. The Morgan fingerprint density at radius 3 is 2.73 bits per heavy atom. The number of hydrogen-bond donors (Lipinski definition) is 1. The van der Waals surface area contributed by atoms with Crippen molar-refractivity contribution in [2.75, 3.05) is 13.7 Å². The maximum Gasteiger partial charge on any atom is 0.316 e. The molecule has 3 heterocycles. The van der Waals surface area contributed by atoms with Crippen LogP contribution in [0, 0.1) is 0 Å². The highest BCUT2D eigenvalue weighted by Gasteiger charge is 2.31. The highest BCUT2D eigenvalue weighted by Crippen LogP contribution is 2.32. The highest BCUT2D eigenvalue weighted by atomic mass is 32.2. The van der Waals surface area contributed by atoms with E-state index in [0.29, 0.717) is 40.0 Å². The summed E-state index contributed by atoms with van der Waals surface area (Å²) in [7, 11) is 1.50. The zero-order valence-electron chi connectivity index (χ0n) is 16.3. The lowest BCUT2D eigenvalue weighted by Gasteiger charge is -2.13. The molecule has 0 bridgehead atoms. The van der Waals surface area contributed by atoms with Crippen molar-refractivity contribution in [2.24, 2.45) is 0 Å². The molecule has 8 nitrogen and oxygen atoms in total. The number of unbranched alkanes of at least 4 members (excludes halogenated alkanes) is 2. The first-order chi connectivity index (χ1) is 14.5. The molecule has 1 aliphatic rings. The molecule has 10 heteroatoms. The first kappa shape index (κ1) is 21.8. The lowest BCUT2D eigenvalue weighted by atomic mass is 10.2. The number of carbonyl (C=O) groups is 2. The molecule has 1 amide bonds. The molecule has 2 aromatic heterocycles. The van der Waals surface area contributed by atoms with Gasteiger partial charge in [-0.05, 0) is 31.1 Å². The zero-order chi connectivity index (χ0) is 21.5. The van der Waals surface area contributed by atoms with Crippen molar-refractivity contribution >= 4 is 46.3 Å². The number of aliphatic carboxylic acids is 1. The molecular formula is C20H20N4O4S2. The summed E-state index contributed by atoms with van der Waals surface area (Å²) in [5, 5.41) is 8.68. The van der Waals surface area contributed by atoms with Gasteiger partial charge in [0, 0.05) is 30.9 Å². The number of amides is 1. The average molecular weight is 445 g/mol. The van der Waals surface area contributed by atoms with Gasteiger partial charge in [0.2, 0.25) is 0 Å². The van der Waals surface area contributed by atoms with Crippen molar-refractivity contribution in [3.05, 3.63) is 41.2 Å². The molecule has 1 aliphatic heterocycles. The van der Waals surface area contributed by atoms with Crippen molar-refractivity contribution in [2.45, 2.75) is 25.7 Å². The summed E-state index contributed by atoms with van der Waals surface area (Å²) in [5.74, 6) is -0.956. The second-order valence-corrected chi connectivity index (χ2v) is 8.12. The van der Waals surface area contributed by atoms with Gasteiger partial charge in [-0.2, -0.15) is 0 Å². The average Bonchev–Trinajstić information content (AvgIpc) is 3.00. The molecule has 2 aromatic rings. The first-order valence-electron chi connectivity index (χ1n) is 9.28. The second-order valence-electron chi connectivity index (χ2n) is 6.44. The molecule has 3 rings (SSSR count). The minimum atomic E-state index is -0.806. The smallest absolute Gasteiger partial charge is 0.316 e. The number of ether oxygens (including phenoxy) is 1. The van der Waals surface area contributed by atoms with Gasteiger partial charge in [-0.1, -0.05) is 36.5 Å². The van der Waals surface area contributed by atoms with E-state index in [9.17, 15) is 9.59 Å². The Balaban J connectivity index is 1.67. The normalized spacial score (nSPS) is 15.1. The van der Waals surface area contributed by atoms with E-state index in [0.717, 1.165) is 12.0 Å². The minimum Gasteiger partial charge on any atom is -0.481 e. The third kappa shape index (κ3) is 5.61. The Morgan fingerprint density at radius 1 is 1.27 bits per heavy atom. The minimum absolute atomic E-state index is 0.138. The lowest BCUT2D eigenvalue weighted by molar-refractivity contribution is -0.137. The maximum atomic E-state index is 12.7. The lowest BCUT2D eigenvalue weighted by Crippen LogP contribution is -2.29. The van der Waals surface area contributed by atoms with Crippen LogP contribution in [0.1, 0.15) is 31.4 Å². The monoisotopic (exact) mass is 444 g/mol. The van der Waals surface area contributed by atoms with Gasteiger partial charge < -0.3 is 9.84 Å². The van der Waals surface area contributed by atoms with Crippen molar-refractivity contribution in [1.82, 2.24) is 19.9 Å². The Kier molecular flexibility index (Phi) is 7.47. The number of methoxy groups -OCH3 is 1. The van der Waals surface area contributed by atoms with E-state index in [1.165, 1.54) is 18.9 Å². The summed E-state index contributed by atoms with van der Waals surface area (Å²) in [6.07, 6.45) is 7.14. The Hall–Kier alpha value is -2.85. The number of rotatable bonds is 9. The van der Waals surface area contributed by atoms with Crippen LogP contribution in [-0.4, -0.2) is 54.8 Å². The number of thiocarbonyl (C=S) groups is 1. The Bertz CT molecular complexity index is 979. The van der Waals surface area contributed by atoms with Crippen LogP contribution in [0.3, 0.4) is 0 Å². The van der Waals surface area contributed by atoms with Crippen LogP contribution in [-0.2, 0) is 9.59 Å². The van der Waals surface area contributed by atoms with Gasteiger partial charge in [0.1, 0.15) is 4.32 Å². The maximum absolute atomic E-state index is 12.7. The van der Waals surface area contributed by atoms with E-state index < -0.39 is 5.97 Å². The van der Waals surface area contributed by atoms with E-state index >= 15 is 0 Å². The van der Waals surface area contributed by atoms with E-state index in [-0.39, 0.29) is 18.3 Å². The third-order valence-corrected chi connectivity index (χ3v) is 5.68. The number of hydrogen-bond acceptors (Lipinski definition) is 8. The van der Waals surface area contributed by atoms with Crippen molar-refractivity contribution in [1.29, 1.82) is 0 Å². The summed E-state index contributed by atoms with van der Waals surface area (Å²) in [6, 6.07) is 5.78. The standard InChI is InChI=1S/C20H20N4O4S2/c1-28-19-21-11-13(12-22-19)15-7-5-6-14(23-15)10-16-18(27)24(20(29)30-16)9-4-2-3-8-17(25)26/h5-7,10-12H,2-4,8-9H2,1H3,(H,25,26)/b16-10-. The summed E-state index contributed by atoms with van der Waals surface area (Å²) in [6.45, 7) is 0.484. The quantitative estimate of drug-likeness (QED) is 0.354. The van der Waals surface area contributed by atoms with E-state index in [4.69, 9.17) is 22.1 Å². The van der Waals surface area contributed by atoms with Crippen LogP contribution in [0.15, 0.2) is 35.5 Å². The molecular weight excluding hydrogens is 424 g/mol. The summed E-state index contributed by atoms with van der Waals surface area (Å²) >= 11 is 6.59. The molecule has 156 valence electrons. The largest absolute Gasteiger partial charge is 0.481 e. The fourth-order valence-corrected chi connectivity index (χ4v) is 4.09. The summed E-state index contributed by atoms with van der Waals surface area (Å²) in [5.41, 5.74) is 2.05. The fraction of sp³-hybridized carbons (Fsp3) is 0.300. The number of aromatic nitrogens is 3. The molecule has 1 saturated heterocycles. The van der Waals surface area contributed by atoms with E-state index in [1.807, 2.05) is 18.2 Å². The molecule has 0 aromatic carbocycles. The molecule has 0 spiro atoms. The van der Waals surface area contributed by atoms with Crippen LogP contribution >= 0.6 is 24.0 Å². The summed E-state index contributed by atoms with van der Waals surface area (Å²) in [4.78, 5) is 38.1. The van der Waals surface area contributed by atoms with Crippen molar-refractivity contribution in [3.8, 4) is 17.3 Å². The van der Waals surface area contributed by atoms with Gasteiger partial charge in [0.25, 0.3) is 5.91 Å². The van der Waals surface area contributed by atoms with Crippen molar-refractivity contribution in [3.63, 3.8) is 0 Å². The van der Waals surface area contributed by atoms with Crippen LogP contribution < -0.4 is 4.74 Å². The van der Waals surface area contributed by atoms with Gasteiger partial charge >= 0.3 is 12.0 Å². The van der Waals surface area contributed by atoms with Gasteiger partial charge in [-0.25, -0.2) is 15.0 Å². The number of carboxylic acids is 1. The van der Waals surface area contributed by atoms with Gasteiger partial charge in [-0.15, -0.1) is 0 Å². The Labute approximate surface area is 183 Å². The second kappa shape index (κ2) is 10.3. The van der Waals surface area contributed by atoms with Crippen LogP contribution in [0.4, 0.5) is 0 Å². The molecule has 30 heavy (non-hydrogen) atoms. The van der Waals surface area contributed by atoms with Crippen LogP contribution in [0.2, 0.25) is 0 Å². The molecule has 1 fully saturated rings. The van der Waals surface area contributed by atoms with Gasteiger partial charge in [-0.3, -0.25) is 14.5 Å². The molecule has 0 atom stereocenters. The fourth-order valence-electron chi connectivity index (χ4n) is 2.80. The van der Waals surface area contributed by atoms with E-state index in [2.05, 4.69) is 15.0 Å². The number of pyridine rings is 1. The van der Waals surface area contributed by atoms with Gasteiger partial charge in [0.05, 0.1) is 23.4 Å². The van der Waals surface area contributed by atoms with Crippen molar-refractivity contribution < 1.29 is 19.4 Å². The van der Waals surface area contributed by atoms with E-state index in [1.54, 1.807) is 23.4 Å². The van der Waals surface area contributed by atoms with Crippen LogP contribution in [0.25, 0.3) is 17.3 Å². The number of nitrogens with zero attached hydrogens (tertiary/aromatic N) is 4. The SMILES string of the molecule is COc1ncc(-c2cccc(/C=C3\SC(=S)N(CCCCCC(=O)O)C3=O)n2)cn1. The number of thioether (sulfide) groups is 1. The number of carboxylic acid groups (broad SMARTS) is 1. The molecule has 0 radical (unpaired) electrons. The topological polar surface area (TPSA) is 106 Å². The van der Waals surface area contributed by atoms with Gasteiger partial charge in [0.15, 0.2) is 0 Å². The zero-order valence-corrected chi connectivity index (χ0v) is 17.9.